The normalized spacial score (nSPS) is 28.5. The number of benzene rings is 1. The van der Waals surface area contributed by atoms with Crippen LogP contribution in [0.15, 0.2) is 30.3 Å². The quantitative estimate of drug-likeness (QED) is 0.822. The van der Waals surface area contributed by atoms with Gasteiger partial charge in [-0.05, 0) is 17.4 Å². The molecule has 0 radical (unpaired) electrons. The molecule has 0 saturated heterocycles. The smallest absolute Gasteiger partial charge is 0.0782 e. The van der Waals surface area contributed by atoms with Crippen LogP contribution in [-0.2, 0) is 11.3 Å². The molecule has 1 aliphatic rings. The summed E-state index contributed by atoms with van der Waals surface area (Å²) in [5.41, 5.74) is 7.40. The van der Waals surface area contributed by atoms with Crippen LogP contribution in [-0.4, -0.2) is 12.1 Å². The van der Waals surface area contributed by atoms with Crippen LogP contribution in [0.4, 0.5) is 0 Å². The van der Waals surface area contributed by atoms with E-state index in [-0.39, 0.29) is 17.6 Å². The summed E-state index contributed by atoms with van der Waals surface area (Å²) in [7, 11) is 0. The lowest BCUT2D eigenvalue weighted by atomic mass is 9.66. The fraction of sp³-hybridized carbons (Fsp3) is 0.538. The first-order valence-electron chi connectivity index (χ1n) is 5.51. The van der Waals surface area contributed by atoms with Crippen molar-refractivity contribution in [2.45, 2.75) is 39.0 Å². The van der Waals surface area contributed by atoms with Gasteiger partial charge in [-0.25, -0.2) is 0 Å². The molecule has 0 spiro atoms. The molecule has 0 heterocycles. The summed E-state index contributed by atoms with van der Waals surface area (Å²) in [6, 6.07) is 10.5. The SMILES string of the molecule is CC1(C)CC(N)C1OCc1ccccc1. The van der Waals surface area contributed by atoms with E-state index < -0.39 is 0 Å². The molecule has 82 valence electrons. The number of hydrogen-bond donors (Lipinski definition) is 1. The minimum absolute atomic E-state index is 0.206. The van der Waals surface area contributed by atoms with E-state index >= 15 is 0 Å². The highest BCUT2D eigenvalue weighted by Crippen LogP contribution is 2.41. The van der Waals surface area contributed by atoms with E-state index in [0.717, 1.165) is 6.42 Å². The molecule has 1 aromatic rings. The standard InChI is InChI=1S/C13H19NO/c1-13(2)8-11(14)12(13)15-9-10-6-4-3-5-7-10/h3-7,11-12H,8-9,14H2,1-2H3. The van der Waals surface area contributed by atoms with Gasteiger partial charge in [-0.3, -0.25) is 0 Å². The van der Waals surface area contributed by atoms with Crippen LogP contribution in [0, 0.1) is 5.41 Å². The maximum atomic E-state index is 5.94. The second-order valence-corrected chi connectivity index (χ2v) is 5.07. The molecule has 2 rings (SSSR count). The number of hydrogen-bond acceptors (Lipinski definition) is 2. The van der Waals surface area contributed by atoms with Crippen molar-refractivity contribution in [3.8, 4) is 0 Å². The number of ether oxygens (including phenoxy) is 1. The van der Waals surface area contributed by atoms with Crippen LogP contribution in [0.5, 0.6) is 0 Å². The van der Waals surface area contributed by atoms with Crippen molar-refractivity contribution in [1.29, 1.82) is 0 Å². The van der Waals surface area contributed by atoms with E-state index in [1.54, 1.807) is 0 Å². The maximum absolute atomic E-state index is 5.94. The average molecular weight is 205 g/mol. The molecule has 1 aliphatic carbocycles. The lowest BCUT2D eigenvalue weighted by Gasteiger charge is -2.49. The summed E-state index contributed by atoms with van der Waals surface area (Å²) < 4.78 is 5.87. The van der Waals surface area contributed by atoms with Gasteiger partial charge in [0, 0.05) is 6.04 Å². The van der Waals surface area contributed by atoms with Crippen molar-refractivity contribution in [3.63, 3.8) is 0 Å². The molecular weight excluding hydrogens is 186 g/mol. The fourth-order valence-electron chi connectivity index (χ4n) is 2.36. The molecule has 0 bridgehead atoms. The van der Waals surface area contributed by atoms with Gasteiger partial charge in [-0.15, -0.1) is 0 Å². The minimum atomic E-state index is 0.206. The molecule has 1 fully saturated rings. The van der Waals surface area contributed by atoms with Crippen LogP contribution in [0.3, 0.4) is 0 Å². The lowest BCUT2D eigenvalue weighted by Crippen LogP contribution is -2.58. The Morgan fingerprint density at radius 2 is 2.00 bits per heavy atom. The van der Waals surface area contributed by atoms with Gasteiger partial charge >= 0.3 is 0 Å². The zero-order valence-corrected chi connectivity index (χ0v) is 9.44. The monoisotopic (exact) mass is 205 g/mol. The van der Waals surface area contributed by atoms with Gasteiger partial charge < -0.3 is 10.5 Å². The molecule has 2 atom stereocenters. The van der Waals surface area contributed by atoms with Gasteiger partial charge in [0.15, 0.2) is 0 Å². The molecule has 2 nitrogen and oxygen atoms in total. The fourth-order valence-corrected chi connectivity index (χ4v) is 2.36. The zero-order valence-electron chi connectivity index (χ0n) is 9.44. The summed E-state index contributed by atoms with van der Waals surface area (Å²) >= 11 is 0. The highest BCUT2D eigenvalue weighted by atomic mass is 16.5. The van der Waals surface area contributed by atoms with E-state index in [9.17, 15) is 0 Å². The minimum Gasteiger partial charge on any atom is -0.371 e. The molecule has 0 aromatic heterocycles. The van der Waals surface area contributed by atoms with E-state index in [4.69, 9.17) is 10.5 Å². The Balaban J connectivity index is 1.89. The van der Waals surface area contributed by atoms with Gasteiger partial charge in [-0.2, -0.15) is 0 Å². The van der Waals surface area contributed by atoms with Crippen molar-refractivity contribution < 1.29 is 4.74 Å². The van der Waals surface area contributed by atoms with Crippen molar-refractivity contribution in [3.05, 3.63) is 35.9 Å². The lowest BCUT2D eigenvalue weighted by molar-refractivity contribution is -0.116. The summed E-state index contributed by atoms with van der Waals surface area (Å²) in [5.74, 6) is 0. The summed E-state index contributed by atoms with van der Waals surface area (Å²) in [6.45, 7) is 5.10. The number of rotatable bonds is 3. The van der Waals surface area contributed by atoms with Gasteiger partial charge in [-0.1, -0.05) is 44.2 Å². The molecule has 15 heavy (non-hydrogen) atoms. The van der Waals surface area contributed by atoms with Crippen molar-refractivity contribution in [1.82, 2.24) is 0 Å². The Labute approximate surface area is 91.4 Å². The molecule has 1 saturated carbocycles. The van der Waals surface area contributed by atoms with Gasteiger partial charge in [0.1, 0.15) is 0 Å². The average Bonchev–Trinajstić information content (AvgIpc) is 2.18. The van der Waals surface area contributed by atoms with Crippen LogP contribution >= 0.6 is 0 Å². The third kappa shape index (κ3) is 2.21. The van der Waals surface area contributed by atoms with E-state index in [1.165, 1.54) is 5.56 Å². The highest BCUT2D eigenvalue weighted by molar-refractivity contribution is 5.13. The third-order valence-corrected chi connectivity index (χ3v) is 3.19. The van der Waals surface area contributed by atoms with Crippen molar-refractivity contribution in [2.24, 2.45) is 11.1 Å². The van der Waals surface area contributed by atoms with Gasteiger partial charge in [0.05, 0.1) is 12.7 Å². The largest absolute Gasteiger partial charge is 0.371 e. The summed E-state index contributed by atoms with van der Waals surface area (Å²) in [5, 5.41) is 0. The molecule has 2 N–H and O–H groups in total. The second kappa shape index (κ2) is 3.95. The first kappa shape index (κ1) is 10.7. The van der Waals surface area contributed by atoms with Crippen LogP contribution in [0.25, 0.3) is 0 Å². The summed E-state index contributed by atoms with van der Waals surface area (Å²) in [4.78, 5) is 0. The third-order valence-electron chi connectivity index (χ3n) is 3.19. The maximum Gasteiger partial charge on any atom is 0.0782 e. The van der Waals surface area contributed by atoms with Crippen LogP contribution in [0.2, 0.25) is 0 Å². The Morgan fingerprint density at radius 3 is 2.53 bits per heavy atom. The predicted molar refractivity (Wildman–Crippen MR) is 61.4 cm³/mol. The zero-order chi connectivity index (χ0) is 10.9. The number of nitrogens with two attached hydrogens (primary N) is 1. The van der Waals surface area contributed by atoms with Gasteiger partial charge in [0.25, 0.3) is 0 Å². The predicted octanol–water partition coefficient (Wildman–Crippen LogP) is 2.33. The van der Waals surface area contributed by atoms with Crippen LogP contribution < -0.4 is 5.73 Å². The van der Waals surface area contributed by atoms with E-state index in [0.29, 0.717) is 6.61 Å². The Hall–Kier alpha value is -0.860. The molecule has 2 heteroatoms. The second-order valence-electron chi connectivity index (χ2n) is 5.07. The molecule has 2 unspecified atom stereocenters. The van der Waals surface area contributed by atoms with Crippen molar-refractivity contribution >= 4 is 0 Å². The molecule has 1 aromatic carbocycles. The topological polar surface area (TPSA) is 35.2 Å². The molecular formula is C13H19NO. The summed E-state index contributed by atoms with van der Waals surface area (Å²) in [6.07, 6.45) is 1.27. The first-order valence-corrected chi connectivity index (χ1v) is 5.51. The molecule has 0 aliphatic heterocycles. The van der Waals surface area contributed by atoms with Crippen LogP contribution in [0.1, 0.15) is 25.8 Å². The van der Waals surface area contributed by atoms with Crippen molar-refractivity contribution in [2.75, 3.05) is 0 Å². The Bertz CT molecular complexity index is 321. The Morgan fingerprint density at radius 1 is 1.33 bits per heavy atom. The molecule has 0 amide bonds. The Kier molecular flexibility index (Phi) is 2.81. The van der Waals surface area contributed by atoms with E-state index in [1.807, 2.05) is 18.2 Å². The van der Waals surface area contributed by atoms with Gasteiger partial charge in [0.2, 0.25) is 0 Å². The highest BCUT2D eigenvalue weighted by Gasteiger charge is 2.46. The first-order chi connectivity index (χ1) is 7.09. The van der Waals surface area contributed by atoms with E-state index in [2.05, 4.69) is 26.0 Å².